The number of halogens is 1. The molecule has 4 heteroatoms. The first-order valence-corrected chi connectivity index (χ1v) is 8.05. The molecule has 0 radical (unpaired) electrons. The maximum Gasteiger partial charge on any atom is 0.123 e. The highest BCUT2D eigenvalue weighted by atomic mass is 19.1. The van der Waals surface area contributed by atoms with E-state index in [4.69, 9.17) is 0 Å². The van der Waals surface area contributed by atoms with Crippen molar-refractivity contribution in [3.63, 3.8) is 0 Å². The Hall–Kier alpha value is -1.91. The first kappa shape index (κ1) is 16.0. The fraction of sp³-hybridized carbons (Fsp3) is 0.368. The van der Waals surface area contributed by atoms with Gasteiger partial charge in [0.1, 0.15) is 5.82 Å². The van der Waals surface area contributed by atoms with Crippen molar-refractivity contribution in [2.45, 2.75) is 25.0 Å². The predicted octanol–water partition coefficient (Wildman–Crippen LogP) is 3.07. The maximum absolute atomic E-state index is 13.7. The summed E-state index contributed by atoms with van der Waals surface area (Å²) in [6.07, 6.45) is -0.625. The van der Waals surface area contributed by atoms with Gasteiger partial charge in [0.2, 0.25) is 0 Å². The third-order valence-corrected chi connectivity index (χ3v) is 4.55. The zero-order chi connectivity index (χ0) is 16.4. The van der Waals surface area contributed by atoms with Gasteiger partial charge in [-0.15, -0.1) is 0 Å². The first-order chi connectivity index (χ1) is 11.1. The van der Waals surface area contributed by atoms with Crippen LogP contribution >= 0.6 is 0 Å². The normalized spacial score (nSPS) is 19.5. The number of rotatable bonds is 5. The quantitative estimate of drug-likeness (QED) is 0.890. The van der Waals surface area contributed by atoms with Gasteiger partial charge < -0.3 is 15.3 Å². The molecule has 3 nitrogen and oxygen atoms in total. The topological polar surface area (TPSA) is 35.5 Å². The highest BCUT2D eigenvalue weighted by Gasteiger charge is 2.34. The summed E-state index contributed by atoms with van der Waals surface area (Å²) < 4.78 is 13.7. The molecule has 3 atom stereocenters. The van der Waals surface area contributed by atoms with Crippen LogP contribution in [0.5, 0.6) is 0 Å². The van der Waals surface area contributed by atoms with Crippen LogP contribution in [-0.4, -0.2) is 31.3 Å². The number of hydrogen-bond acceptors (Lipinski definition) is 3. The minimum Gasteiger partial charge on any atom is -0.389 e. The van der Waals surface area contributed by atoms with Crippen LogP contribution in [0.4, 0.5) is 10.1 Å². The molecule has 3 rings (SSSR count). The Bertz CT molecular complexity index is 676. The maximum atomic E-state index is 13.7. The number of nitrogens with one attached hydrogen (secondary N) is 1. The molecule has 2 N–H and O–H groups in total. The summed E-state index contributed by atoms with van der Waals surface area (Å²) in [6, 6.07) is 14.5. The molecule has 0 unspecified atom stereocenters. The van der Waals surface area contributed by atoms with E-state index in [-0.39, 0.29) is 11.9 Å². The number of hydrogen-bond donors (Lipinski definition) is 2. The third-order valence-electron chi connectivity index (χ3n) is 4.55. The Morgan fingerprint density at radius 1 is 1.26 bits per heavy atom. The average molecular weight is 314 g/mol. The van der Waals surface area contributed by atoms with Crippen LogP contribution in [0.2, 0.25) is 0 Å². The molecule has 122 valence electrons. The Kier molecular flexibility index (Phi) is 4.64. The number of para-hydroxylation sites is 1. The summed E-state index contributed by atoms with van der Waals surface area (Å²) in [5.74, 6) is 0.119. The van der Waals surface area contributed by atoms with Gasteiger partial charge in [0, 0.05) is 24.7 Å². The first-order valence-electron chi connectivity index (χ1n) is 8.05. The molecule has 0 aliphatic carbocycles. The SMILES string of the molecule is CNC[C@@H](O)[C@H](c1cccc(F)c1)N1C[C@@H](C)c2ccccc21. The average Bonchev–Trinajstić information content (AvgIpc) is 2.86. The second-order valence-electron chi connectivity index (χ2n) is 6.24. The van der Waals surface area contributed by atoms with Crippen molar-refractivity contribution in [2.24, 2.45) is 0 Å². The minimum absolute atomic E-state index is 0.273. The Morgan fingerprint density at radius 2 is 2.04 bits per heavy atom. The van der Waals surface area contributed by atoms with Crippen molar-refractivity contribution in [3.05, 3.63) is 65.5 Å². The predicted molar refractivity (Wildman–Crippen MR) is 91.3 cm³/mol. The van der Waals surface area contributed by atoms with Crippen molar-refractivity contribution in [2.75, 3.05) is 25.0 Å². The molecule has 0 fully saturated rings. The molecule has 0 aromatic heterocycles. The molecular weight excluding hydrogens is 291 g/mol. The van der Waals surface area contributed by atoms with E-state index in [1.54, 1.807) is 6.07 Å². The largest absolute Gasteiger partial charge is 0.389 e. The van der Waals surface area contributed by atoms with Gasteiger partial charge in [-0.25, -0.2) is 4.39 Å². The van der Waals surface area contributed by atoms with Gasteiger partial charge >= 0.3 is 0 Å². The van der Waals surface area contributed by atoms with Gasteiger partial charge in [-0.2, -0.15) is 0 Å². The fourth-order valence-corrected chi connectivity index (χ4v) is 3.54. The van der Waals surface area contributed by atoms with E-state index < -0.39 is 6.10 Å². The summed E-state index contributed by atoms with van der Waals surface area (Å²) in [6.45, 7) is 3.46. The number of anilines is 1. The molecule has 2 aromatic rings. The number of nitrogens with zero attached hydrogens (tertiary/aromatic N) is 1. The standard InChI is InChI=1S/C19H23FN2O/c1-13-12-22(17-9-4-3-8-16(13)17)19(18(23)11-21-2)14-6-5-7-15(20)10-14/h3-10,13,18-19,21,23H,11-12H2,1-2H3/t13-,18-,19+/m1/s1. The van der Waals surface area contributed by atoms with E-state index in [9.17, 15) is 9.50 Å². The lowest BCUT2D eigenvalue weighted by atomic mass is 9.99. The van der Waals surface area contributed by atoms with E-state index in [1.807, 2.05) is 25.2 Å². The number of fused-ring (bicyclic) bond motifs is 1. The fourth-order valence-electron chi connectivity index (χ4n) is 3.54. The highest BCUT2D eigenvalue weighted by molar-refractivity contribution is 5.61. The highest BCUT2D eigenvalue weighted by Crippen LogP contribution is 2.41. The summed E-state index contributed by atoms with van der Waals surface area (Å²) in [7, 11) is 1.81. The number of aliphatic hydroxyl groups is 1. The van der Waals surface area contributed by atoms with Crippen LogP contribution in [0.1, 0.15) is 30.0 Å². The van der Waals surface area contributed by atoms with Crippen molar-refractivity contribution in [3.8, 4) is 0 Å². The Labute approximate surface area is 136 Å². The van der Waals surface area contributed by atoms with Crippen LogP contribution in [0.25, 0.3) is 0 Å². The number of aliphatic hydroxyl groups excluding tert-OH is 1. The van der Waals surface area contributed by atoms with Crippen molar-refractivity contribution < 1.29 is 9.50 Å². The lowest BCUT2D eigenvalue weighted by Crippen LogP contribution is -2.40. The molecule has 0 bridgehead atoms. The lowest BCUT2D eigenvalue weighted by molar-refractivity contribution is 0.140. The second-order valence-corrected chi connectivity index (χ2v) is 6.24. The van der Waals surface area contributed by atoms with Gasteiger partial charge in [-0.3, -0.25) is 0 Å². The molecular formula is C19H23FN2O. The monoisotopic (exact) mass is 314 g/mol. The van der Waals surface area contributed by atoms with E-state index in [0.29, 0.717) is 12.5 Å². The van der Waals surface area contributed by atoms with E-state index in [2.05, 4.69) is 29.3 Å². The van der Waals surface area contributed by atoms with Gasteiger partial charge in [-0.1, -0.05) is 37.3 Å². The van der Waals surface area contributed by atoms with Gasteiger partial charge in [0.15, 0.2) is 0 Å². The van der Waals surface area contributed by atoms with E-state index in [1.165, 1.54) is 17.7 Å². The molecule has 0 saturated heterocycles. The second kappa shape index (κ2) is 6.69. The Balaban J connectivity index is 2.03. The molecule has 0 saturated carbocycles. The smallest absolute Gasteiger partial charge is 0.123 e. The molecule has 1 aliphatic heterocycles. The molecule has 0 amide bonds. The lowest BCUT2D eigenvalue weighted by Gasteiger charge is -2.34. The summed E-state index contributed by atoms with van der Waals surface area (Å²) in [4.78, 5) is 2.21. The summed E-state index contributed by atoms with van der Waals surface area (Å²) in [5, 5.41) is 13.7. The van der Waals surface area contributed by atoms with Crippen LogP contribution < -0.4 is 10.2 Å². The van der Waals surface area contributed by atoms with Crippen LogP contribution in [0.15, 0.2) is 48.5 Å². The summed E-state index contributed by atoms with van der Waals surface area (Å²) in [5.41, 5.74) is 3.21. The Morgan fingerprint density at radius 3 is 2.78 bits per heavy atom. The molecule has 2 aromatic carbocycles. The molecule has 1 heterocycles. The zero-order valence-electron chi connectivity index (χ0n) is 13.5. The minimum atomic E-state index is -0.625. The summed E-state index contributed by atoms with van der Waals surface area (Å²) >= 11 is 0. The van der Waals surface area contributed by atoms with Gasteiger partial charge in [0.05, 0.1) is 12.1 Å². The van der Waals surface area contributed by atoms with Crippen molar-refractivity contribution >= 4 is 5.69 Å². The molecule has 0 spiro atoms. The third kappa shape index (κ3) is 3.09. The molecule has 1 aliphatic rings. The van der Waals surface area contributed by atoms with Crippen LogP contribution in [-0.2, 0) is 0 Å². The number of likely N-dealkylation sites (N-methyl/N-ethyl adjacent to an activating group) is 1. The van der Waals surface area contributed by atoms with Gasteiger partial charge in [0.25, 0.3) is 0 Å². The number of benzene rings is 2. The van der Waals surface area contributed by atoms with Crippen LogP contribution in [0.3, 0.4) is 0 Å². The van der Waals surface area contributed by atoms with E-state index >= 15 is 0 Å². The van der Waals surface area contributed by atoms with E-state index in [0.717, 1.165) is 17.8 Å². The molecule has 23 heavy (non-hydrogen) atoms. The van der Waals surface area contributed by atoms with Crippen molar-refractivity contribution in [1.82, 2.24) is 5.32 Å². The zero-order valence-corrected chi connectivity index (χ0v) is 13.5. The van der Waals surface area contributed by atoms with Crippen LogP contribution in [0, 0.1) is 5.82 Å². The van der Waals surface area contributed by atoms with Crippen molar-refractivity contribution in [1.29, 1.82) is 0 Å². The van der Waals surface area contributed by atoms with Gasteiger partial charge in [-0.05, 0) is 36.4 Å².